The highest BCUT2D eigenvalue weighted by Crippen LogP contribution is 2.23. The van der Waals surface area contributed by atoms with Gasteiger partial charge in [-0.25, -0.2) is 0 Å². The van der Waals surface area contributed by atoms with Gasteiger partial charge in [0.1, 0.15) is 0 Å². The predicted octanol–water partition coefficient (Wildman–Crippen LogP) is 9.68. The molecule has 0 heterocycles. The summed E-state index contributed by atoms with van der Waals surface area (Å²) in [5, 5.41) is 3.21. The van der Waals surface area contributed by atoms with Crippen LogP contribution < -0.4 is 5.32 Å². The smallest absolute Gasteiger partial charge is 0.222 e. The third kappa shape index (κ3) is 23.6. The van der Waals surface area contributed by atoms with Crippen molar-refractivity contribution in [2.45, 2.75) is 168 Å². The maximum absolute atomic E-state index is 12.6. The first kappa shape index (κ1) is 34.4. The van der Waals surface area contributed by atoms with Crippen molar-refractivity contribution in [3.63, 3.8) is 0 Å². The molecule has 1 amide bonds. The molecule has 1 N–H and O–H groups in total. The van der Waals surface area contributed by atoms with E-state index < -0.39 is 0 Å². The normalized spacial score (nSPS) is 11.5. The van der Waals surface area contributed by atoms with E-state index in [1.807, 2.05) is 7.05 Å². The zero-order valence-corrected chi connectivity index (χ0v) is 24.8. The summed E-state index contributed by atoms with van der Waals surface area (Å²) in [5.74, 6) is 1.39. The Balaban J connectivity index is 3.76. The highest BCUT2D eigenvalue weighted by atomic mass is 16.2. The van der Waals surface area contributed by atoms with Gasteiger partial charge in [-0.15, -0.1) is 0 Å². The summed E-state index contributed by atoms with van der Waals surface area (Å²) in [6.07, 6.45) is 30.3. The topological polar surface area (TPSA) is 32.3 Å². The molecule has 210 valence electrons. The number of carbonyl (C=O) groups excluding carboxylic acids is 1. The Kier molecular flexibility index (Phi) is 27.6. The van der Waals surface area contributed by atoms with Crippen LogP contribution in [0.25, 0.3) is 0 Å². The van der Waals surface area contributed by atoms with Crippen molar-refractivity contribution in [2.75, 3.05) is 26.7 Å². The molecule has 0 aliphatic rings. The Morgan fingerprint density at radius 1 is 0.571 bits per heavy atom. The molecule has 0 unspecified atom stereocenters. The Morgan fingerprint density at radius 3 is 1.57 bits per heavy atom. The standard InChI is InChI=1S/C32H66N2O/c1-5-8-11-21-27-32(35)34(30-23-28-33-4)29-22-19-17-15-13-12-14-16-18-20-26-31(24-9-6-2)25-10-7-3/h31,33H,5-30H2,1-4H3. The zero-order chi connectivity index (χ0) is 25.8. The summed E-state index contributed by atoms with van der Waals surface area (Å²) >= 11 is 0. The fourth-order valence-corrected chi connectivity index (χ4v) is 5.24. The predicted molar refractivity (Wildman–Crippen MR) is 157 cm³/mol. The Bertz CT molecular complexity index is 418. The van der Waals surface area contributed by atoms with Crippen LogP contribution in [-0.4, -0.2) is 37.5 Å². The van der Waals surface area contributed by atoms with Gasteiger partial charge in [0.2, 0.25) is 5.91 Å². The largest absolute Gasteiger partial charge is 0.343 e. The lowest BCUT2D eigenvalue weighted by Gasteiger charge is -2.23. The molecule has 0 bridgehead atoms. The quantitative estimate of drug-likeness (QED) is 0.110. The molecule has 0 aliphatic heterocycles. The monoisotopic (exact) mass is 495 g/mol. The summed E-state index contributed by atoms with van der Waals surface area (Å²) in [5.41, 5.74) is 0. The van der Waals surface area contributed by atoms with Crippen LogP contribution in [0, 0.1) is 5.92 Å². The maximum atomic E-state index is 12.6. The second kappa shape index (κ2) is 28.0. The lowest BCUT2D eigenvalue weighted by atomic mass is 9.90. The molecule has 0 aromatic carbocycles. The number of carbonyl (C=O) groups is 1. The first-order valence-electron chi connectivity index (χ1n) is 16.1. The van der Waals surface area contributed by atoms with E-state index in [-0.39, 0.29) is 0 Å². The lowest BCUT2D eigenvalue weighted by molar-refractivity contribution is -0.131. The molecule has 0 aromatic rings. The fraction of sp³-hybridized carbons (Fsp3) is 0.969. The average Bonchev–Trinajstić information content (AvgIpc) is 2.87. The highest BCUT2D eigenvalue weighted by molar-refractivity contribution is 5.76. The molecule has 0 aliphatic carbocycles. The number of hydrogen-bond acceptors (Lipinski definition) is 2. The third-order valence-corrected chi connectivity index (χ3v) is 7.67. The molecule has 3 heteroatoms. The van der Waals surface area contributed by atoms with Crippen LogP contribution in [0.5, 0.6) is 0 Å². The second-order valence-electron chi connectivity index (χ2n) is 11.1. The molecule has 0 radical (unpaired) electrons. The van der Waals surface area contributed by atoms with Crippen molar-refractivity contribution in [1.29, 1.82) is 0 Å². The van der Waals surface area contributed by atoms with Crippen LogP contribution in [0.15, 0.2) is 0 Å². The van der Waals surface area contributed by atoms with Crippen molar-refractivity contribution in [3.05, 3.63) is 0 Å². The summed E-state index contributed by atoms with van der Waals surface area (Å²) in [6.45, 7) is 9.77. The molecule has 0 atom stereocenters. The van der Waals surface area contributed by atoms with Gasteiger partial charge in [0.05, 0.1) is 0 Å². The summed E-state index contributed by atoms with van der Waals surface area (Å²) in [6, 6.07) is 0. The van der Waals surface area contributed by atoms with E-state index in [0.29, 0.717) is 5.91 Å². The number of rotatable bonds is 28. The van der Waals surface area contributed by atoms with Crippen molar-refractivity contribution < 1.29 is 4.79 Å². The first-order valence-corrected chi connectivity index (χ1v) is 16.1. The fourth-order valence-electron chi connectivity index (χ4n) is 5.24. The molecule has 35 heavy (non-hydrogen) atoms. The van der Waals surface area contributed by atoms with E-state index in [1.54, 1.807) is 0 Å². The Hall–Kier alpha value is -0.570. The summed E-state index contributed by atoms with van der Waals surface area (Å²) < 4.78 is 0. The van der Waals surface area contributed by atoms with Gasteiger partial charge >= 0.3 is 0 Å². The van der Waals surface area contributed by atoms with E-state index in [0.717, 1.165) is 44.8 Å². The minimum Gasteiger partial charge on any atom is -0.343 e. The van der Waals surface area contributed by atoms with Gasteiger partial charge in [0.25, 0.3) is 0 Å². The van der Waals surface area contributed by atoms with Crippen LogP contribution in [0.2, 0.25) is 0 Å². The summed E-state index contributed by atoms with van der Waals surface area (Å²) in [4.78, 5) is 14.8. The van der Waals surface area contributed by atoms with Gasteiger partial charge in [-0.1, -0.05) is 143 Å². The average molecular weight is 495 g/mol. The van der Waals surface area contributed by atoms with Gasteiger partial charge in [0, 0.05) is 19.5 Å². The molecule has 0 spiro atoms. The number of nitrogens with zero attached hydrogens (tertiary/aromatic N) is 1. The van der Waals surface area contributed by atoms with E-state index in [9.17, 15) is 4.79 Å². The van der Waals surface area contributed by atoms with Crippen molar-refractivity contribution >= 4 is 5.91 Å². The zero-order valence-electron chi connectivity index (χ0n) is 24.8. The van der Waals surface area contributed by atoms with Crippen molar-refractivity contribution in [1.82, 2.24) is 10.2 Å². The van der Waals surface area contributed by atoms with Crippen molar-refractivity contribution in [2.24, 2.45) is 5.92 Å². The second-order valence-corrected chi connectivity index (χ2v) is 11.1. The molecule has 0 saturated carbocycles. The SMILES string of the molecule is CCCCCCC(=O)N(CCCCCCCCCCCCC(CCCC)CCCC)CCCNC. The van der Waals surface area contributed by atoms with Gasteiger partial charge in [-0.3, -0.25) is 4.79 Å². The summed E-state index contributed by atoms with van der Waals surface area (Å²) in [7, 11) is 2.00. The number of unbranched alkanes of at least 4 members (excludes halogenated alkanes) is 14. The Labute approximate surface area is 222 Å². The first-order chi connectivity index (χ1) is 17.2. The van der Waals surface area contributed by atoms with Crippen molar-refractivity contribution in [3.8, 4) is 0 Å². The molecule has 0 fully saturated rings. The number of hydrogen-bond donors (Lipinski definition) is 1. The third-order valence-electron chi connectivity index (χ3n) is 7.67. The molecule has 0 rings (SSSR count). The number of amides is 1. The van der Waals surface area contributed by atoms with Gasteiger partial charge in [-0.2, -0.15) is 0 Å². The Morgan fingerprint density at radius 2 is 1.03 bits per heavy atom. The van der Waals surface area contributed by atoms with Gasteiger partial charge in [-0.05, 0) is 38.8 Å². The van der Waals surface area contributed by atoms with Crippen LogP contribution in [-0.2, 0) is 4.79 Å². The van der Waals surface area contributed by atoms with E-state index in [4.69, 9.17) is 0 Å². The van der Waals surface area contributed by atoms with Crippen LogP contribution >= 0.6 is 0 Å². The van der Waals surface area contributed by atoms with E-state index in [1.165, 1.54) is 128 Å². The lowest BCUT2D eigenvalue weighted by Crippen LogP contribution is -2.34. The maximum Gasteiger partial charge on any atom is 0.222 e. The van der Waals surface area contributed by atoms with Gasteiger partial charge < -0.3 is 10.2 Å². The van der Waals surface area contributed by atoms with Gasteiger partial charge in [0.15, 0.2) is 0 Å². The number of nitrogens with one attached hydrogen (secondary N) is 1. The molecular weight excluding hydrogens is 428 g/mol. The molecule has 3 nitrogen and oxygen atoms in total. The molecule has 0 aromatic heterocycles. The molecular formula is C32H66N2O. The molecule has 0 saturated heterocycles. The van der Waals surface area contributed by atoms with Crippen LogP contribution in [0.3, 0.4) is 0 Å². The highest BCUT2D eigenvalue weighted by Gasteiger charge is 2.12. The van der Waals surface area contributed by atoms with Crippen LogP contribution in [0.1, 0.15) is 168 Å². The van der Waals surface area contributed by atoms with Crippen LogP contribution in [0.4, 0.5) is 0 Å². The van der Waals surface area contributed by atoms with E-state index >= 15 is 0 Å². The van der Waals surface area contributed by atoms with E-state index in [2.05, 4.69) is 31.0 Å². The minimum atomic E-state index is 0.388. The minimum absolute atomic E-state index is 0.388.